The Morgan fingerprint density at radius 2 is 2.03 bits per heavy atom. The van der Waals surface area contributed by atoms with Crippen LogP contribution in [0.1, 0.15) is 31.2 Å². The minimum atomic E-state index is 0.00987. The molecular weight excluding hydrogens is 482 g/mol. The van der Waals surface area contributed by atoms with E-state index in [0.717, 1.165) is 52.0 Å². The Kier molecular flexibility index (Phi) is 5.97. The predicted molar refractivity (Wildman–Crippen MR) is 133 cm³/mol. The van der Waals surface area contributed by atoms with Gasteiger partial charge < -0.3 is 25.0 Å². The largest absolute Gasteiger partial charge is 0.489 e. The number of ether oxygens (including phenoxy) is 2. The lowest BCUT2D eigenvalue weighted by Gasteiger charge is -2.41. The lowest BCUT2D eigenvalue weighted by molar-refractivity contribution is -0.0777. The van der Waals surface area contributed by atoms with Crippen LogP contribution in [0.3, 0.4) is 0 Å². The number of nitrogens with zero attached hydrogens (tertiary/aromatic N) is 7. The third-order valence-corrected chi connectivity index (χ3v) is 7.09. The zero-order chi connectivity index (χ0) is 24.6. The van der Waals surface area contributed by atoms with Gasteiger partial charge in [0.25, 0.3) is 17.4 Å². The molecule has 0 amide bonds. The number of likely N-dealkylation sites (tertiary alicyclic amines) is 1. The molecule has 184 valence electrons. The molecule has 2 aromatic heterocycles. The van der Waals surface area contributed by atoms with Gasteiger partial charge in [0.2, 0.25) is 0 Å². The smallest absolute Gasteiger partial charge is 0.275 e. The first kappa shape index (κ1) is 22.8. The fourth-order valence-corrected chi connectivity index (χ4v) is 4.65. The van der Waals surface area contributed by atoms with Crippen molar-refractivity contribution in [2.75, 3.05) is 36.9 Å². The first-order valence-electron chi connectivity index (χ1n) is 12.0. The molecule has 1 saturated carbocycles. The molecule has 4 heterocycles. The second-order valence-electron chi connectivity index (χ2n) is 9.28. The maximum absolute atomic E-state index is 9.63. The molecule has 1 aliphatic carbocycles. The summed E-state index contributed by atoms with van der Waals surface area (Å²) in [5.41, 5.74) is 1.35. The van der Waals surface area contributed by atoms with E-state index in [1.165, 1.54) is 10.7 Å². The molecule has 3 fully saturated rings. The molecular formula is C24H24ClN9O2. The van der Waals surface area contributed by atoms with E-state index in [-0.39, 0.29) is 17.9 Å². The number of piperidine rings is 1. The molecule has 2 N–H and O–H groups in total. The Balaban J connectivity index is 1.26. The van der Waals surface area contributed by atoms with Crippen LogP contribution in [-0.4, -0.2) is 69.0 Å². The van der Waals surface area contributed by atoms with Crippen molar-refractivity contribution in [3.63, 3.8) is 0 Å². The zero-order valence-corrected chi connectivity index (χ0v) is 20.2. The van der Waals surface area contributed by atoms with Gasteiger partial charge in [0.15, 0.2) is 5.82 Å². The average Bonchev–Trinajstić information content (AvgIpc) is 3.57. The molecule has 0 bridgehead atoms. The van der Waals surface area contributed by atoms with Crippen molar-refractivity contribution in [2.24, 2.45) is 0 Å². The summed E-state index contributed by atoms with van der Waals surface area (Å²) in [6.45, 7) is 10.9. The molecule has 36 heavy (non-hydrogen) atoms. The second kappa shape index (κ2) is 9.43. The van der Waals surface area contributed by atoms with Crippen LogP contribution in [0.2, 0.25) is 5.02 Å². The average molecular weight is 506 g/mol. The molecule has 6 rings (SSSR count). The van der Waals surface area contributed by atoms with Gasteiger partial charge in [0.05, 0.1) is 42.8 Å². The Morgan fingerprint density at radius 3 is 2.69 bits per heavy atom. The maximum atomic E-state index is 9.63. The third-order valence-electron chi connectivity index (χ3n) is 6.70. The highest BCUT2D eigenvalue weighted by Crippen LogP contribution is 2.37. The maximum Gasteiger partial charge on any atom is 0.275 e. The minimum absolute atomic E-state index is 0.00987. The zero-order valence-electron chi connectivity index (χ0n) is 19.4. The first-order chi connectivity index (χ1) is 17.6. The first-order valence-corrected chi connectivity index (χ1v) is 12.4. The van der Waals surface area contributed by atoms with Gasteiger partial charge in [0, 0.05) is 19.1 Å². The number of halogens is 1. The number of aromatic nitrogens is 4. The number of rotatable bonds is 7. The van der Waals surface area contributed by atoms with Crippen LogP contribution in [-0.2, 0) is 4.74 Å². The minimum Gasteiger partial charge on any atom is -0.489 e. The van der Waals surface area contributed by atoms with Crippen molar-refractivity contribution in [1.29, 1.82) is 5.26 Å². The van der Waals surface area contributed by atoms with E-state index in [1.807, 2.05) is 0 Å². The van der Waals surface area contributed by atoms with Crippen LogP contribution in [0.4, 0.5) is 23.3 Å². The summed E-state index contributed by atoms with van der Waals surface area (Å²) in [5.74, 6) is 1.49. The van der Waals surface area contributed by atoms with Crippen LogP contribution in [0.5, 0.6) is 5.75 Å². The topological polar surface area (TPSA) is 117 Å². The highest BCUT2D eigenvalue weighted by molar-refractivity contribution is 6.34. The Labute approximate surface area is 212 Å². The molecule has 3 aliphatic rings. The van der Waals surface area contributed by atoms with Gasteiger partial charge in [-0.05, 0) is 37.8 Å². The standard InChI is InChI=1S/C24H24ClN9O2/c1-27-20-11-28-23-22(29-15-2-3-15)31-24(32-34(20)23)30-18-8-14(10-26)9-19(21(18)25)36-17-4-6-33(7-5-17)16-12-35-13-16/h8-9,11,15-17H,2-7,12-13H2,(H2,29,30,31,32). The fraction of sp³-hybridized carbons (Fsp3) is 0.458. The Bertz CT molecular complexity index is 1380. The number of anilines is 3. The van der Waals surface area contributed by atoms with E-state index in [2.05, 4.69) is 41.5 Å². The van der Waals surface area contributed by atoms with Gasteiger partial charge in [-0.25, -0.2) is 4.98 Å². The molecule has 1 aromatic carbocycles. The van der Waals surface area contributed by atoms with E-state index in [4.69, 9.17) is 27.6 Å². The van der Waals surface area contributed by atoms with Gasteiger partial charge >= 0.3 is 0 Å². The van der Waals surface area contributed by atoms with E-state index in [9.17, 15) is 5.26 Å². The number of hydrogen-bond acceptors (Lipinski definition) is 9. The molecule has 2 saturated heterocycles. The van der Waals surface area contributed by atoms with Gasteiger partial charge in [0.1, 0.15) is 16.9 Å². The van der Waals surface area contributed by atoms with Crippen LogP contribution in [0, 0.1) is 17.9 Å². The van der Waals surface area contributed by atoms with E-state index in [0.29, 0.717) is 45.6 Å². The highest BCUT2D eigenvalue weighted by atomic mass is 35.5. The molecule has 3 aromatic rings. The van der Waals surface area contributed by atoms with E-state index < -0.39 is 0 Å². The second-order valence-corrected chi connectivity index (χ2v) is 9.66. The van der Waals surface area contributed by atoms with E-state index in [1.54, 1.807) is 12.1 Å². The van der Waals surface area contributed by atoms with Gasteiger partial charge in [-0.1, -0.05) is 23.3 Å². The SMILES string of the molecule is [C-]#[N+]c1cnc2c(NC3CC3)nc(Nc3cc(C#N)cc(OC4CCN(C5COC5)CC4)c3Cl)nn12. The van der Waals surface area contributed by atoms with Crippen molar-refractivity contribution in [3.8, 4) is 11.8 Å². The number of nitrogens with one attached hydrogen (secondary N) is 2. The number of benzene rings is 1. The predicted octanol–water partition coefficient (Wildman–Crippen LogP) is 3.76. The number of fused-ring (bicyclic) bond motifs is 1. The lowest BCUT2D eigenvalue weighted by atomic mass is 10.0. The molecule has 0 atom stereocenters. The van der Waals surface area contributed by atoms with Crippen LogP contribution < -0.4 is 15.4 Å². The summed E-state index contributed by atoms with van der Waals surface area (Å²) in [6.07, 6.45) is 5.34. The molecule has 0 spiro atoms. The Hall–Kier alpha value is -3.64. The van der Waals surface area contributed by atoms with Crippen molar-refractivity contribution in [3.05, 3.63) is 40.3 Å². The van der Waals surface area contributed by atoms with Crippen molar-refractivity contribution >= 4 is 40.5 Å². The van der Waals surface area contributed by atoms with Crippen molar-refractivity contribution in [1.82, 2.24) is 24.5 Å². The molecule has 12 heteroatoms. The van der Waals surface area contributed by atoms with Gasteiger partial charge in [-0.2, -0.15) is 10.2 Å². The van der Waals surface area contributed by atoms with Crippen LogP contribution in [0.15, 0.2) is 18.3 Å². The van der Waals surface area contributed by atoms with Crippen LogP contribution in [0.25, 0.3) is 10.5 Å². The molecule has 0 radical (unpaired) electrons. The molecule has 11 nitrogen and oxygen atoms in total. The monoisotopic (exact) mass is 505 g/mol. The summed E-state index contributed by atoms with van der Waals surface area (Å²) in [4.78, 5) is 14.8. The number of hydrogen-bond donors (Lipinski definition) is 2. The summed E-state index contributed by atoms with van der Waals surface area (Å²) in [5, 5.41) is 20.9. The molecule has 0 unspecified atom stereocenters. The van der Waals surface area contributed by atoms with Crippen molar-refractivity contribution < 1.29 is 9.47 Å². The lowest BCUT2D eigenvalue weighted by Crippen LogP contribution is -2.52. The third kappa shape index (κ3) is 4.49. The summed E-state index contributed by atoms with van der Waals surface area (Å²) < 4.78 is 13.0. The van der Waals surface area contributed by atoms with E-state index >= 15 is 0 Å². The summed E-state index contributed by atoms with van der Waals surface area (Å²) >= 11 is 6.74. The Morgan fingerprint density at radius 1 is 1.22 bits per heavy atom. The number of nitriles is 1. The normalized spacial score (nSPS) is 18.9. The number of imidazole rings is 1. The highest BCUT2D eigenvalue weighted by Gasteiger charge is 2.31. The van der Waals surface area contributed by atoms with Crippen LogP contribution >= 0.6 is 11.6 Å². The van der Waals surface area contributed by atoms with Crippen molar-refractivity contribution in [2.45, 2.75) is 43.9 Å². The summed E-state index contributed by atoms with van der Waals surface area (Å²) in [6, 6.07) is 6.33. The summed E-state index contributed by atoms with van der Waals surface area (Å²) in [7, 11) is 0. The fourth-order valence-electron chi connectivity index (χ4n) is 4.45. The van der Waals surface area contributed by atoms with Gasteiger partial charge in [-0.15, -0.1) is 4.52 Å². The van der Waals surface area contributed by atoms with Gasteiger partial charge in [-0.3, -0.25) is 4.90 Å². The molecule has 2 aliphatic heterocycles. The quantitative estimate of drug-likeness (QED) is 0.463.